The van der Waals surface area contributed by atoms with Gasteiger partial charge in [0.1, 0.15) is 11.5 Å². The first kappa shape index (κ1) is 16.3. The summed E-state index contributed by atoms with van der Waals surface area (Å²) in [4.78, 5) is 0. The van der Waals surface area contributed by atoms with Crippen molar-refractivity contribution in [3.05, 3.63) is 56.5 Å². The molecule has 5 heteroatoms. The van der Waals surface area contributed by atoms with E-state index in [1.54, 1.807) is 7.11 Å². The Morgan fingerprint density at radius 1 is 1.05 bits per heavy atom. The van der Waals surface area contributed by atoms with Crippen LogP contribution in [0.3, 0.4) is 0 Å². The minimum absolute atomic E-state index is 0.233. The number of hydrogen-bond donors (Lipinski definition) is 2. The van der Waals surface area contributed by atoms with Gasteiger partial charge in [0.2, 0.25) is 0 Å². The molecule has 3 nitrogen and oxygen atoms in total. The SMILES string of the molecule is COc1ccc(CCNCc2cc(Br)c(O)c(Br)c2)cc1. The Labute approximate surface area is 141 Å². The highest BCUT2D eigenvalue weighted by molar-refractivity contribution is 9.11. The monoisotopic (exact) mass is 413 g/mol. The normalized spacial score (nSPS) is 10.6. The lowest BCUT2D eigenvalue weighted by Crippen LogP contribution is -2.16. The number of phenols is 1. The molecule has 0 saturated heterocycles. The number of halogens is 2. The van der Waals surface area contributed by atoms with Crippen LogP contribution >= 0.6 is 31.9 Å². The number of ether oxygens (including phenoxy) is 1. The Bertz CT molecular complexity index is 577. The molecular weight excluding hydrogens is 398 g/mol. The Morgan fingerprint density at radius 2 is 1.67 bits per heavy atom. The fraction of sp³-hybridized carbons (Fsp3) is 0.250. The van der Waals surface area contributed by atoms with Gasteiger partial charge in [-0.2, -0.15) is 0 Å². The summed E-state index contributed by atoms with van der Waals surface area (Å²) >= 11 is 6.67. The molecular formula is C16H17Br2NO2. The lowest BCUT2D eigenvalue weighted by atomic mass is 10.1. The summed E-state index contributed by atoms with van der Waals surface area (Å²) < 4.78 is 6.54. The van der Waals surface area contributed by atoms with Crippen molar-refractivity contribution in [2.45, 2.75) is 13.0 Å². The summed E-state index contributed by atoms with van der Waals surface area (Å²) in [6.45, 7) is 1.65. The van der Waals surface area contributed by atoms with E-state index < -0.39 is 0 Å². The van der Waals surface area contributed by atoms with E-state index in [-0.39, 0.29) is 5.75 Å². The summed E-state index contributed by atoms with van der Waals surface area (Å²) in [5.74, 6) is 1.11. The third kappa shape index (κ3) is 4.73. The average Bonchev–Trinajstić information content (AvgIpc) is 2.49. The molecule has 0 aromatic heterocycles. The zero-order valence-electron chi connectivity index (χ0n) is 11.7. The standard InChI is InChI=1S/C16H17Br2NO2/c1-21-13-4-2-11(3-5-13)6-7-19-10-12-8-14(17)16(20)15(18)9-12/h2-5,8-9,19-20H,6-7,10H2,1H3. The van der Waals surface area contributed by atoms with Crippen molar-refractivity contribution >= 4 is 31.9 Å². The number of nitrogens with one attached hydrogen (secondary N) is 1. The van der Waals surface area contributed by atoms with Gasteiger partial charge in [-0.1, -0.05) is 12.1 Å². The lowest BCUT2D eigenvalue weighted by molar-refractivity contribution is 0.414. The second kappa shape index (κ2) is 7.82. The van der Waals surface area contributed by atoms with Gasteiger partial charge in [0.15, 0.2) is 0 Å². The maximum Gasteiger partial charge on any atom is 0.143 e. The van der Waals surface area contributed by atoms with E-state index in [9.17, 15) is 5.11 Å². The predicted molar refractivity (Wildman–Crippen MR) is 91.9 cm³/mol. The third-order valence-corrected chi connectivity index (χ3v) is 4.36. The van der Waals surface area contributed by atoms with E-state index in [0.717, 1.165) is 30.8 Å². The minimum Gasteiger partial charge on any atom is -0.506 e. The molecule has 2 N–H and O–H groups in total. The van der Waals surface area contributed by atoms with Crippen LogP contribution in [0.15, 0.2) is 45.3 Å². The van der Waals surface area contributed by atoms with Gasteiger partial charge in [-0.3, -0.25) is 0 Å². The van der Waals surface area contributed by atoms with E-state index in [2.05, 4.69) is 49.3 Å². The van der Waals surface area contributed by atoms with Crippen LogP contribution in [0.25, 0.3) is 0 Å². The van der Waals surface area contributed by atoms with Crippen LogP contribution in [0.5, 0.6) is 11.5 Å². The summed E-state index contributed by atoms with van der Waals surface area (Å²) in [5.41, 5.74) is 2.39. The summed E-state index contributed by atoms with van der Waals surface area (Å²) in [7, 11) is 1.67. The van der Waals surface area contributed by atoms with E-state index >= 15 is 0 Å². The molecule has 0 saturated carbocycles. The zero-order valence-corrected chi connectivity index (χ0v) is 14.9. The number of methoxy groups -OCH3 is 1. The van der Waals surface area contributed by atoms with Gasteiger partial charge >= 0.3 is 0 Å². The van der Waals surface area contributed by atoms with Crippen molar-refractivity contribution in [2.24, 2.45) is 0 Å². The highest BCUT2D eigenvalue weighted by atomic mass is 79.9. The molecule has 0 unspecified atom stereocenters. The Balaban J connectivity index is 1.81. The van der Waals surface area contributed by atoms with E-state index in [4.69, 9.17) is 4.74 Å². The largest absolute Gasteiger partial charge is 0.506 e. The molecule has 0 radical (unpaired) electrons. The Morgan fingerprint density at radius 3 is 2.24 bits per heavy atom. The third-order valence-electron chi connectivity index (χ3n) is 3.16. The first-order valence-corrected chi connectivity index (χ1v) is 8.19. The highest BCUT2D eigenvalue weighted by Gasteiger charge is 2.05. The molecule has 21 heavy (non-hydrogen) atoms. The topological polar surface area (TPSA) is 41.5 Å². The van der Waals surface area contributed by atoms with E-state index in [0.29, 0.717) is 8.95 Å². The zero-order chi connectivity index (χ0) is 15.2. The van der Waals surface area contributed by atoms with E-state index in [1.165, 1.54) is 5.56 Å². The van der Waals surface area contributed by atoms with Gasteiger partial charge in [-0.05, 0) is 80.2 Å². The minimum atomic E-state index is 0.233. The maximum absolute atomic E-state index is 9.67. The van der Waals surface area contributed by atoms with E-state index in [1.807, 2.05) is 24.3 Å². The second-order valence-electron chi connectivity index (χ2n) is 4.68. The van der Waals surface area contributed by atoms with Crippen LogP contribution in [-0.2, 0) is 13.0 Å². The number of aromatic hydroxyl groups is 1. The van der Waals surface area contributed by atoms with Gasteiger partial charge in [0.25, 0.3) is 0 Å². The first-order valence-electron chi connectivity index (χ1n) is 6.60. The molecule has 0 fully saturated rings. The van der Waals surface area contributed by atoms with Crippen LogP contribution in [-0.4, -0.2) is 18.8 Å². The molecule has 0 aliphatic rings. The van der Waals surface area contributed by atoms with Crippen molar-refractivity contribution in [1.29, 1.82) is 0 Å². The fourth-order valence-electron chi connectivity index (χ4n) is 1.98. The number of benzene rings is 2. The number of hydrogen-bond acceptors (Lipinski definition) is 3. The number of rotatable bonds is 6. The van der Waals surface area contributed by atoms with Crippen LogP contribution in [0.2, 0.25) is 0 Å². The average molecular weight is 415 g/mol. The summed E-state index contributed by atoms with van der Waals surface area (Å²) in [5, 5.41) is 13.1. The van der Waals surface area contributed by atoms with Crippen LogP contribution in [0.1, 0.15) is 11.1 Å². The molecule has 0 aliphatic heterocycles. The summed E-state index contributed by atoms with van der Waals surface area (Å²) in [6, 6.07) is 11.9. The molecule has 0 atom stereocenters. The van der Waals surface area contributed by atoms with Gasteiger partial charge in [-0.25, -0.2) is 0 Å². The first-order chi connectivity index (χ1) is 10.1. The Kier molecular flexibility index (Phi) is 6.08. The van der Waals surface area contributed by atoms with Crippen LogP contribution in [0, 0.1) is 0 Å². The predicted octanol–water partition coefficient (Wildman–Crippen LogP) is 4.26. The van der Waals surface area contributed by atoms with Gasteiger partial charge < -0.3 is 15.2 Å². The quantitative estimate of drug-likeness (QED) is 0.694. The maximum atomic E-state index is 9.67. The molecule has 2 rings (SSSR count). The smallest absolute Gasteiger partial charge is 0.143 e. The molecule has 0 spiro atoms. The summed E-state index contributed by atoms with van der Waals surface area (Å²) in [6.07, 6.45) is 0.963. The van der Waals surface area contributed by atoms with Crippen molar-refractivity contribution < 1.29 is 9.84 Å². The second-order valence-corrected chi connectivity index (χ2v) is 6.39. The molecule has 2 aromatic carbocycles. The molecule has 0 heterocycles. The van der Waals surface area contributed by atoms with Gasteiger partial charge in [0.05, 0.1) is 16.1 Å². The van der Waals surface area contributed by atoms with Crippen molar-refractivity contribution in [3.63, 3.8) is 0 Å². The molecule has 0 aliphatic carbocycles. The van der Waals surface area contributed by atoms with Crippen LogP contribution < -0.4 is 10.1 Å². The van der Waals surface area contributed by atoms with Crippen molar-refractivity contribution in [2.75, 3.05) is 13.7 Å². The molecule has 2 aromatic rings. The van der Waals surface area contributed by atoms with Crippen molar-refractivity contribution in [3.8, 4) is 11.5 Å². The Hall–Kier alpha value is -1.04. The fourth-order valence-corrected chi connectivity index (χ4v) is 3.26. The number of phenolic OH excluding ortho intramolecular Hbond substituents is 1. The highest BCUT2D eigenvalue weighted by Crippen LogP contribution is 2.33. The molecule has 0 amide bonds. The lowest BCUT2D eigenvalue weighted by Gasteiger charge is -2.08. The van der Waals surface area contributed by atoms with Gasteiger partial charge in [-0.15, -0.1) is 0 Å². The van der Waals surface area contributed by atoms with Crippen molar-refractivity contribution in [1.82, 2.24) is 5.32 Å². The van der Waals surface area contributed by atoms with Crippen LogP contribution in [0.4, 0.5) is 0 Å². The van der Waals surface area contributed by atoms with Gasteiger partial charge in [0, 0.05) is 6.54 Å². The molecule has 0 bridgehead atoms. The molecule has 112 valence electrons.